The summed E-state index contributed by atoms with van der Waals surface area (Å²) in [4.78, 5) is 2.49. The Kier molecular flexibility index (Phi) is 5.99. The van der Waals surface area contributed by atoms with Gasteiger partial charge in [0.2, 0.25) is 0 Å². The van der Waals surface area contributed by atoms with Crippen molar-refractivity contribution in [3.63, 3.8) is 0 Å². The van der Waals surface area contributed by atoms with Crippen LogP contribution in [0.1, 0.15) is 37.8 Å². The van der Waals surface area contributed by atoms with Gasteiger partial charge in [0, 0.05) is 19.1 Å². The quantitative estimate of drug-likeness (QED) is 0.637. The molecule has 1 rings (SSSR count). The number of nitrogens with zero attached hydrogens (tertiary/aromatic N) is 1. The van der Waals surface area contributed by atoms with Crippen molar-refractivity contribution >= 4 is 0 Å². The van der Waals surface area contributed by atoms with E-state index in [0.29, 0.717) is 6.04 Å². The summed E-state index contributed by atoms with van der Waals surface area (Å²) in [6, 6.07) is 9.45. The summed E-state index contributed by atoms with van der Waals surface area (Å²) in [6.45, 7) is 12.5. The number of benzene rings is 1. The zero-order valence-electron chi connectivity index (χ0n) is 11.4. The monoisotopic (exact) mass is 231 g/mol. The average Bonchev–Trinajstić information content (AvgIpc) is 2.31. The summed E-state index contributed by atoms with van der Waals surface area (Å²) in [7, 11) is 0. The molecule has 0 aliphatic carbocycles. The van der Waals surface area contributed by atoms with Gasteiger partial charge in [-0.3, -0.25) is 4.90 Å². The molecular weight excluding hydrogens is 206 g/mol. The highest BCUT2D eigenvalue weighted by atomic mass is 15.1. The van der Waals surface area contributed by atoms with E-state index in [0.717, 1.165) is 13.1 Å². The first-order valence-corrected chi connectivity index (χ1v) is 6.57. The number of hydrogen-bond acceptors (Lipinski definition) is 1. The van der Waals surface area contributed by atoms with Gasteiger partial charge in [0.05, 0.1) is 0 Å². The second-order valence-corrected chi connectivity index (χ2v) is 4.84. The molecule has 0 aliphatic heterocycles. The fourth-order valence-electron chi connectivity index (χ4n) is 2.09. The minimum absolute atomic E-state index is 0.624. The maximum Gasteiger partial charge on any atom is 0.0239 e. The Balaban J connectivity index is 2.65. The number of hydrogen-bond donors (Lipinski definition) is 0. The highest BCUT2D eigenvalue weighted by molar-refractivity contribution is 5.21. The first-order chi connectivity index (χ1) is 8.17. The van der Waals surface area contributed by atoms with Crippen molar-refractivity contribution in [3.8, 4) is 0 Å². The molecular formula is C16H25N. The van der Waals surface area contributed by atoms with Crippen LogP contribution >= 0.6 is 0 Å². The fourth-order valence-corrected chi connectivity index (χ4v) is 2.09. The molecule has 1 unspecified atom stereocenters. The minimum Gasteiger partial charge on any atom is -0.293 e. The molecule has 1 aromatic carbocycles. The molecule has 0 heterocycles. The summed E-state index contributed by atoms with van der Waals surface area (Å²) in [5.74, 6) is 0. The summed E-state index contributed by atoms with van der Waals surface area (Å²) in [6.07, 6.45) is 4.49. The molecule has 0 saturated carbocycles. The van der Waals surface area contributed by atoms with E-state index in [9.17, 15) is 0 Å². The van der Waals surface area contributed by atoms with Gasteiger partial charge in [0.15, 0.2) is 0 Å². The fraction of sp³-hybridized carbons (Fsp3) is 0.500. The third kappa shape index (κ3) is 4.74. The van der Waals surface area contributed by atoms with Gasteiger partial charge < -0.3 is 0 Å². The largest absolute Gasteiger partial charge is 0.293 e. The van der Waals surface area contributed by atoms with E-state index in [1.807, 2.05) is 6.08 Å². The van der Waals surface area contributed by atoms with Crippen molar-refractivity contribution in [2.24, 2.45) is 0 Å². The molecule has 0 N–H and O–H groups in total. The van der Waals surface area contributed by atoms with Crippen LogP contribution in [0.4, 0.5) is 0 Å². The van der Waals surface area contributed by atoms with Crippen LogP contribution < -0.4 is 0 Å². The predicted molar refractivity (Wildman–Crippen MR) is 76.2 cm³/mol. The van der Waals surface area contributed by atoms with E-state index in [4.69, 9.17) is 0 Å². The maximum absolute atomic E-state index is 3.86. The van der Waals surface area contributed by atoms with Crippen LogP contribution in [0.15, 0.2) is 36.9 Å². The second-order valence-electron chi connectivity index (χ2n) is 4.84. The molecule has 0 bridgehead atoms. The Hall–Kier alpha value is -1.08. The lowest BCUT2D eigenvalue weighted by Gasteiger charge is -2.27. The molecule has 94 valence electrons. The second kappa shape index (κ2) is 7.29. The lowest BCUT2D eigenvalue weighted by atomic mass is 10.1. The topological polar surface area (TPSA) is 3.24 Å². The molecule has 1 nitrogen and oxygen atoms in total. The highest BCUT2D eigenvalue weighted by Crippen LogP contribution is 2.12. The Bertz CT molecular complexity index is 326. The van der Waals surface area contributed by atoms with E-state index in [1.165, 1.54) is 24.0 Å². The number of aryl methyl sites for hydroxylation is 1. The van der Waals surface area contributed by atoms with Crippen molar-refractivity contribution in [1.29, 1.82) is 0 Å². The summed E-state index contributed by atoms with van der Waals surface area (Å²) in [5, 5.41) is 0. The van der Waals surface area contributed by atoms with Crippen molar-refractivity contribution < 1.29 is 0 Å². The van der Waals surface area contributed by atoms with E-state index in [2.05, 4.69) is 56.5 Å². The molecule has 0 fully saturated rings. The maximum atomic E-state index is 3.86. The molecule has 1 heteroatoms. The lowest BCUT2D eigenvalue weighted by Crippen LogP contribution is -2.32. The third-order valence-corrected chi connectivity index (χ3v) is 3.20. The van der Waals surface area contributed by atoms with Crippen LogP contribution in [-0.4, -0.2) is 17.5 Å². The zero-order valence-corrected chi connectivity index (χ0v) is 11.4. The van der Waals surface area contributed by atoms with E-state index < -0.39 is 0 Å². The number of rotatable bonds is 7. The van der Waals surface area contributed by atoms with Crippen molar-refractivity contribution in [2.45, 2.75) is 46.2 Å². The third-order valence-electron chi connectivity index (χ3n) is 3.20. The first kappa shape index (κ1) is 14.0. The van der Waals surface area contributed by atoms with Crippen molar-refractivity contribution in [2.75, 3.05) is 6.54 Å². The summed E-state index contributed by atoms with van der Waals surface area (Å²) in [5.41, 5.74) is 2.71. The van der Waals surface area contributed by atoms with Gasteiger partial charge in [-0.15, -0.1) is 6.58 Å². The molecule has 1 atom stereocenters. The molecule has 0 aliphatic rings. The van der Waals surface area contributed by atoms with Crippen LogP contribution in [0.2, 0.25) is 0 Å². The smallest absolute Gasteiger partial charge is 0.0239 e. The SMILES string of the molecule is C=CCN(Cc1ccc(C)cc1)C(C)CCC. The summed E-state index contributed by atoms with van der Waals surface area (Å²) >= 11 is 0. The summed E-state index contributed by atoms with van der Waals surface area (Å²) < 4.78 is 0. The molecule has 0 saturated heterocycles. The molecule has 17 heavy (non-hydrogen) atoms. The molecule has 0 spiro atoms. The molecule has 0 amide bonds. The van der Waals surface area contributed by atoms with Crippen molar-refractivity contribution in [1.82, 2.24) is 4.90 Å². The Labute approximate surface area is 106 Å². The van der Waals surface area contributed by atoms with Crippen LogP contribution in [0.25, 0.3) is 0 Å². The first-order valence-electron chi connectivity index (χ1n) is 6.57. The molecule has 0 aromatic heterocycles. The van der Waals surface area contributed by atoms with Gasteiger partial charge in [-0.05, 0) is 25.8 Å². The van der Waals surface area contributed by atoms with Crippen LogP contribution in [-0.2, 0) is 6.54 Å². The van der Waals surface area contributed by atoms with E-state index in [-0.39, 0.29) is 0 Å². The van der Waals surface area contributed by atoms with Gasteiger partial charge in [0.1, 0.15) is 0 Å². The van der Waals surface area contributed by atoms with E-state index in [1.54, 1.807) is 0 Å². The van der Waals surface area contributed by atoms with Gasteiger partial charge in [-0.25, -0.2) is 0 Å². The zero-order chi connectivity index (χ0) is 12.7. The molecule has 1 aromatic rings. The standard InChI is InChI=1S/C16H25N/c1-5-7-15(4)17(12-6-2)13-16-10-8-14(3)9-11-16/h6,8-11,15H,2,5,7,12-13H2,1,3-4H3. The minimum atomic E-state index is 0.624. The molecule has 0 radical (unpaired) electrons. The average molecular weight is 231 g/mol. The van der Waals surface area contributed by atoms with Crippen LogP contribution in [0.3, 0.4) is 0 Å². The van der Waals surface area contributed by atoms with Gasteiger partial charge in [-0.2, -0.15) is 0 Å². The highest BCUT2D eigenvalue weighted by Gasteiger charge is 2.11. The van der Waals surface area contributed by atoms with Gasteiger partial charge >= 0.3 is 0 Å². The lowest BCUT2D eigenvalue weighted by molar-refractivity contribution is 0.211. The van der Waals surface area contributed by atoms with Gasteiger partial charge in [0.25, 0.3) is 0 Å². The Morgan fingerprint density at radius 1 is 1.29 bits per heavy atom. The van der Waals surface area contributed by atoms with Crippen LogP contribution in [0, 0.1) is 6.92 Å². The Morgan fingerprint density at radius 2 is 1.94 bits per heavy atom. The predicted octanol–water partition coefficient (Wildman–Crippen LogP) is 4.17. The van der Waals surface area contributed by atoms with Crippen LogP contribution in [0.5, 0.6) is 0 Å². The van der Waals surface area contributed by atoms with E-state index >= 15 is 0 Å². The normalized spacial score (nSPS) is 12.7. The van der Waals surface area contributed by atoms with Gasteiger partial charge in [-0.1, -0.05) is 49.2 Å². The Morgan fingerprint density at radius 3 is 2.47 bits per heavy atom. The van der Waals surface area contributed by atoms with Crippen molar-refractivity contribution in [3.05, 3.63) is 48.0 Å².